The molecule has 0 saturated carbocycles. The standard InChI is InChI=1S/C20H21NO3/c1-16-8-10-17(11-9-16)12-13-19(22)21(15-20(23)24-2)14-18-6-4-3-5-7-18/h3-13H,14-15H2,1-2H3/b13-12+. The highest BCUT2D eigenvalue weighted by atomic mass is 16.5. The van der Waals surface area contributed by atoms with Gasteiger partial charge in [-0.05, 0) is 24.1 Å². The summed E-state index contributed by atoms with van der Waals surface area (Å²) in [6.07, 6.45) is 3.23. The monoisotopic (exact) mass is 323 g/mol. The van der Waals surface area contributed by atoms with Gasteiger partial charge < -0.3 is 9.64 Å². The van der Waals surface area contributed by atoms with E-state index in [-0.39, 0.29) is 12.5 Å². The van der Waals surface area contributed by atoms with Crippen LogP contribution in [0.5, 0.6) is 0 Å². The molecule has 0 radical (unpaired) electrons. The van der Waals surface area contributed by atoms with Crippen LogP contribution in [-0.4, -0.2) is 30.4 Å². The summed E-state index contributed by atoms with van der Waals surface area (Å²) < 4.78 is 4.69. The predicted octanol–water partition coefficient (Wildman–Crippen LogP) is 3.21. The molecule has 24 heavy (non-hydrogen) atoms. The Morgan fingerprint density at radius 3 is 2.33 bits per heavy atom. The van der Waals surface area contributed by atoms with E-state index < -0.39 is 5.97 Å². The Bertz CT molecular complexity index is 705. The van der Waals surface area contributed by atoms with Gasteiger partial charge in [-0.3, -0.25) is 9.59 Å². The van der Waals surface area contributed by atoms with Crippen LogP contribution in [0.25, 0.3) is 6.08 Å². The van der Waals surface area contributed by atoms with E-state index in [4.69, 9.17) is 0 Å². The van der Waals surface area contributed by atoms with Crippen LogP contribution in [0.1, 0.15) is 16.7 Å². The van der Waals surface area contributed by atoms with Crippen molar-refractivity contribution in [1.29, 1.82) is 0 Å². The second kappa shape index (κ2) is 8.67. The molecule has 0 aromatic heterocycles. The smallest absolute Gasteiger partial charge is 0.325 e. The zero-order valence-electron chi connectivity index (χ0n) is 13.9. The SMILES string of the molecule is COC(=O)CN(Cc1ccccc1)C(=O)/C=C/c1ccc(C)cc1. The number of hydrogen-bond acceptors (Lipinski definition) is 3. The van der Waals surface area contributed by atoms with Crippen molar-refractivity contribution in [3.05, 3.63) is 77.4 Å². The molecule has 0 heterocycles. The summed E-state index contributed by atoms with van der Waals surface area (Å²) >= 11 is 0. The highest BCUT2D eigenvalue weighted by molar-refractivity contribution is 5.93. The molecule has 2 rings (SSSR count). The van der Waals surface area contributed by atoms with Crippen molar-refractivity contribution in [3.8, 4) is 0 Å². The molecule has 0 aliphatic heterocycles. The lowest BCUT2D eigenvalue weighted by Crippen LogP contribution is -2.34. The topological polar surface area (TPSA) is 46.6 Å². The number of hydrogen-bond donors (Lipinski definition) is 0. The van der Waals surface area contributed by atoms with Gasteiger partial charge in [0.1, 0.15) is 6.54 Å². The Balaban J connectivity index is 2.11. The third kappa shape index (κ3) is 5.39. The maximum absolute atomic E-state index is 12.5. The number of benzene rings is 2. The molecule has 0 aliphatic rings. The van der Waals surface area contributed by atoms with Crippen LogP contribution in [0.2, 0.25) is 0 Å². The Kier molecular flexibility index (Phi) is 6.32. The van der Waals surface area contributed by atoms with Crippen LogP contribution in [-0.2, 0) is 20.9 Å². The summed E-state index contributed by atoms with van der Waals surface area (Å²) in [5.74, 6) is -0.673. The maximum atomic E-state index is 12.5. The number of nitrogens with zero attached hydrogens (tertiary/aromatic N) is 1. The van der Waals surface area contributed by atoms with Crippen molar-refractivity contribution in [3.63, 3.8) is 0 Å². The molecule has 0 spiro atoms. The lowest BCUT2D eigenvalue weighted by Gasteiger charge is -2.20. The number of methoxy groups -OCH3 is 1. The summed E-state index contributed by atoms with van der Waals surface area (Å²) in [6.45, 7) is 2.28. The molecule has 4 nitrogen and oxygen atoms in total. The molecule has 124 valence electrons. The van der Waals surface area contributed by atoms with E-state index in [2.05, 4.69) is 4.74 Å². The summed E-state index contributed by atoms with van der Waals surface area (Å²) in [4.78, 5) is 25.5. The first kappa shape index (κ1) is 17.5. The van der Waals surface area contributed by atoms with Crippen LogP contribution in [0, 0.1) is 6.92 Å². The van der Waals surface area contributed by atoms with Gasteiger partial charge >= 0.3 is 5.97 Å². The molecule has 4 heteroatoms. The molecule has 0 fully saturated rings. The fourth-order valence-electron chi connectivity index (χ4n) is 2.19. The molecule has 0 aliphatic carbocycles. The van der Waals surface area contributed by atoms with Crippen LogP contribution >= 0.6 is 0 Å². The largest absolute Gasteiger partial charge is 0.468 e. The number of esters is 1. The lowest BCUT2D eigenvalue weighted by atomic mass is 10.1. The quantitative estimate of drug-likeness (QED) is 0.606. The predicted molar refractivity (Wildman–Crippen MR) is 94.1 cm³/mol. The average Bonchev–Trinajstić information content (AvgIpc) is 2.61. The number of aryl methyl sites for hydroxylation is 1. The van der Waals surface area contributed by atoms with Gasteiger partial charge in [0.2, 0.25) is 5.91 Å². The number of carbonyl (C=O) groups is 2. The Labute approximate surface area is 142 Å². The Morgan fingerprint density at radius 2 is 1.71 bits per heavy atom. The first-order chi connectivity index (χ1) is 11.6. The van der Waals surface area contributed by atoms with Crippen LogP contribution < -0.4 is 0 Å². The van der Waals surface area contributed by atoms with E-state index in [0.717, 1.165) is 16.7 Å². The van der Waals surface area contributed by atoms with Gasteiger partial charge in [0.25, 0.3) is 0 Å². The minimum absolute atomic E-state index is 0.0809. The minimum Gasteiger partial charge on any atom is -0.468 e. The van der Waals surface area contributed by atoms with Gasteiger partial charge in [-0.15, -0.1) is 0 Å². The van der Waals surface area contributed by atoms with E-state index >= 15 is 0 Å². The molecular formula is C20H21NO3. The third-order valence-corrected chi connectivity index (χ3v) is 3.57. The first-order valence-corrected chi connectivity index (χ1v) is 7.73. The van der Waals surface area contributed by atoms with Gasteiger partial charge in [0.05, 0.1) is 7.11 Å². The third-order valence-electron chi connectivity index (χ3n) is 3.57. The first-order valence-electron chi connectivity index (χ1n) is 7.73. The van der Waals surface area contributed by atoms with E-state index in [0.29, 0.717) is 6.54 Å². The van der Waals surface area contributed by atoms with Crippen LogP contribution in [0.15, 0.2) is 60.7 Å². The lowest BCUT2D eigenvalue weighted by molar-refractivity contribution is -0.145. The molecule has 0 unspecified atom stereocenters. The normalized spacial score (nSPS) is 10.6. The molecule has 0 bridgehead atoms. The van der Waals surface area contributed by atoms with Crippen LogP contribution in [0.3, 0.4) is 0 Å². The second-order valence-electron chi connectivity index (χ2n) is 5.50. The number of ether oxygens (including phenoxy) is 1. The molecule has 2 aromatic carbocycles. The van der Waals surface area contributed by atoms with E-state index in [9.17, 15) is 9.59 Å². The Hall–Kier alpha value is -2.88. The van der Waals surface area contributed by atoms with Crippen molar-refractivity contribution < 1.29 is 14.3 Å². The van der Waals surface area contributed by atoms with E-state index in [1.807, 2.05) is 61.5 Å². The van der Waals surface area contributed by atoms with E-state index in [1.54, 1.807) is 6.08 Å². The van der Waals surface area contributed by atoms with Gasteiger partial charge in [-0.25, -0.2) is 0 Å². The molecule has 0 saturated heterocycles. The average molecular weight is 323 g/mol. The van der Waals surface area contributed by atoms with Gasteiger partial charge in [-0.2, -0.15) is 0 Å². The second-order valence-corrected chi connectivity index (χ2v) is 5.50. The number of rotatable bonds is 6. The van der Waals surface area contributed by atoms with Crippen molar-refractivity contribution in [1.82, 2.24) is 4.90 Å². The zero-order chi connectivity index (χ0) is 17.4. The minimum atomic E-state index is -0.442. The van der Waals surface area contributed by atoms with E-state index in [1.165, 1.54) is 18.1 Å². The molecule has 1 amide bonds. The summed E-state index contributed by atoms with van der Waals surface area (Å²) in [5.41, 5.74) is 3.06. The fourth-order valence-corrected chi connectivity index (χ4v) is 2.19. The number of carbonyl (C=O) groups excluding carboxylic acids is 2. The highest BCUT2D eigenvalue weighted by Crippen LogP contribution is 2.08. The maximum Gasteiger partial charge on any atom is 0.325 e. The van der Waals surface area contributed by atoms with Crippen molar-refractivity contribution >= 4 is 18.0 Å². The van der Waals surface area contributed by atoms with Crippen LogP contribution in [0.4, 0.5) is 0 Å². The fraction of sp³-hybridized carbons (Fsp3) is 0.200. The zero-order valence-corrected chi connectivity index (χ0v) is 13.9. The molecule has 2 aromatic rings. The van der Waals surface area contributed by atoms with Gasteiger partial charge in [0, 0.05) is 12.6 Å². The van der Waals surface area contributed by atoms with Crippen molar-refractivity contribution in [2.75, 3.05) is 13.7 Å². The van der Waals surface area contributed by atoms with Gasteiger partial charge in [0.15, 0.2) is 0 Å². The summed E-state index contributed by atoms with van der Waals surface area (Å²) in [7, 11) is 1.32. The highest BCUT2D eigenvalue weighted by Gasteiger charge is 2.15. The summed E-state index contributed by atoms with van der Waals surface area (Å²) in [6, 6.07) is 17.4. The summed E-state index contributed by atoms with van der Waals surface area (Å²) in [5, 5.41) is 0. The van der Waals surface area contributed by atoms with Crippen molar-refractivity contribution in [2.45, 2.75) is 13.5 Å². The van der Waals surface area contributed by atoms with Crippen molar-refractivity contribution in [2.24, 2.45) is 0 Å². The molecular weight excluding hydrogens is 302 g/mol. The number of amides is 1. The molecule has 0 atom stereocenters. The molecule has 0 N–H and O–H groups in total. The van der Waals surface area contributed by atoms with Gasteiger partial charge in [-0.1, -0.05) is 60.2 Å². The Morgan fingerprint density at radius 1 is 1.04 bits per heavy atom.